The average Bonchev–Trinajstić information content (AvgIpc) is 1.87. The summed E-state index contributed by atoms with van der Waals surface area (Å²) in [6.45, 7) is 0. The molecule has 0 spiro atoms. The fourth-order valence-corrected chi connectivity index (χ4v) is 0.725. The third-order valence-electron chi connectivity index (χ3n) is 0.576. The molecular weight excluding hydrogens is 205 g/mol. The lowest BCUT2D eigenvalue weighted by atomic mass is 10.8. The molecule has 1 aromatic rings. The van der Waals surface area contributed by atoms with E-state index in [0.717, 1.165) is 3.70 Å². The molecule has 0 saturated carbocycles. The Labute approximate surface area is 54.6 Å². The largest absolute Gasteiger partial charge is 0.323 e. The lowest BCUT2D eigenvalue weighted by Gasteiger charge is -1.80. The van der Waals surface area contributed by atoms with E-state index in [-0.39, 0.29) is 0 Å². The van der Waals surface area contributed by atoms with E-state index in [1.54, 1.807) is 6.20 Å². The molecule has 0 aliphatic heterocycles. The molecule has 0 fully saturated rings. The Morgan fingerprint density at radius 1 is 1.86 bits per heavy atom. The predicted octanol–water partition coefficient (Wildman–Crippen LogP) is 0.201. The van der Waals surface area contributed by atoms with Crippen molar-refractivity contribution in [3.8, 4) is 0 Å². The van der Waals surface area contributed by atoms with Crippen LogP contribution in [0.1, 0.15) is 0 Å². The Balaban J connectivity index is 3.04. The zero-order valence-electron chi connectivity index (χ0n) is 3.50. The molecule has 4 heteroatoms. The lowest BCUT2D eigenvalue weighted by Crippen LogP contribution is -2.07. The van der Waals surface area contributed by atoms with Crippen molar-refractivity contribution in [3.05, 3.63) is 16.0 Å². The van der Waals surface area contributed by atoms with Gasteiger partial charge in [-0.2, -0.15) is 4.79 Å². The minimum atomic E-state index is 0.917. The van der Waals surface area contributed by atoms with Crippen LogP contribution in [0.15, 0.2) is 12.3 Å². The minimum absolute atomic E-state index is 0.917. The Kier molecular flexibility index (Phi) is 1.18. The molecule has 2 N–H and O–H groups in total. The Morgan fingerprint density at radius 2 is 2.57 bits per heavy atom. The molecule has 0 amide bonds. The number of halogens is 1. The van der Waals surface area contributed by atoms with Gasteiger partial charge >= 0.3 is 0 Å². The van der Waals surface area contributed by atoms with Crippen LogP contribution in [0, 0.1) is 3.70 Å². The molecule has 0 bridgehead atoms. The van der Waals surface area contributed by atoms with Crippen molar-refractivity contribution in [2.24, 2.45) is 0 Å². The van der Waals surface area contributed by atoms with Gasteiger partial charge in [0.05, 0.1) is 0 Å². The molecule has 7 heavy (non-hydrogen) atoms. The second kappa shape index (κ2) is 1.69. The van der Waals surface area contributed by atoms with Gasteiger partial charge in [-0.1, -0.05) is 0 Å². The van der Waals surface area contributed by atoms with Crippen molar-refractivity contribution in [2.75, 3.05) is 5.84 Å². The second-order valence-electron chi connectivity index (χ2n) is 1.12. The van der Waals surface area contributed by atoms with Gasteiger partial charge in [0.15, 0.2) is 0 Å². The molecule has 0 saturated heterocycles. The number of nitrogen functional groups attached to an aromatic ring is 1. The van der Waals surface area contributed by atoms with Crippen LogP contribution in [-0.4, -0.2) is 9.89 Å². The fraction of sp³-hybridized carbons (Fsp3) is 0. The summed E-state index contributed by atoms with van der Waals surface area (Å²) in [7, 11) is 0. The Hall–Kier alpha value is -0.260. The van der Waals surface area contributed by atoms with Gasteiger partial charge in [-0.25, -0.2) is 0 Å². The molecule has 0 radical (unpaired) electrons. The summed E-state index contributed by atoms with van der Waals surface area (Å²) in [6, 6.07) is 1.83. The Bertz CT molecular complexity index is 142. The topological polar surface area (TPSA) is 43.8 Å². The number of hydrogen-bond donors (Lipinski definition) is 1. The highest BCUT2D eigenvalue weighted by atomic mass is 127. The highest BCUT2D eigenvalue weighted by Gasteiger charge is 1.84. The highest BCUT2D eigenvalue weighted by Crippen LogP contribution is 1.94. The SMILES string of the molecule is Nn1ccc(I)n1. The molecule has 1 rings (SSSR count). The van der Waals surface area contributed by atoms with Crippen molar-refractivity contribution in [1.29, 1.82) is 0 Å². The maximum Gasteiger partial charge on any atom is 0.125 e. The van der Waals surface area contributed by atoms with E-state index in [4.69, 9.17) is 5.84 Å². The highest BCUT2D eigenvalue weighted by molar-refractivity contribution is 14.1. The van der Waals surface area contributed by atoms with Gasteiger partial charge in [0.25, 0.3) is 0 Å². The van der Waals surface area contributed by atoms with Crippen molar-refractivity contribution in [3.63, 3.8) is 0 Å². The number of rotatable bonds is 0. The van der Waals surface area contributed by atoms with Crippen molar-refractivity contribution in [1.82, 2.24) is 9.89 Å². The van der Waals surface area contributed by atoms with E-state index < -0.39 is 0 Å². The monoisotopic (exact) mass is 209 g/mol. The van der Waals surface area contributed by atoms with Gasteiger partial charge < -0.3 is 5.84 Å². The molecule has 0 aliphatic carbocycles. The molecular formula is C3H4IN3. The normalized spacial score (nSPS) is 9.29. The van der Waals surface area contributed by atoms with Crippen LogP contribution in [0.5, 0.6) is 0 Å². The van der Waals surface area contributed by atoms with E-state index in [1.165, 1.54) is 4.79 Å². The van der Waals surface area contributed by atoms with Crippen LogP contribution < -0.4 is 5.84 Å². The van der Waals surface area contributed by atoms with E-state index in [0.29, 0.717) is 0 Å². The summed E-state index contributed by atoms with van der Waals surface area (Å²) in [4.78, 5) is 1.28. The molecule has 38 valence electrons. The molecule has 1 heterocycles. The molecule has 0 aliphatic rings. The molecule has 0 aromatic carbocycles. The zero-order chi connectivity index (χ0) is 5.28. The first-order valence-electron chi connectivity index (χ1n) is 1.75. The number of nitrogens with two attached hydrogens (primary N) is 1. The lowest BCUT2D eigenvalue weighted by molar-refractivity contribution is 0.822. The summed E-state index contributed by atoms with van der Waals surface area (Å²) in [5.41, 5.74) is 0. The first-order chi connectivity index (χ1) is 3.29. The van der Waals surface area contributed by atoms with Crippen LogP contribution in [-0.2, 0) is 0 Å². The third kappa shape index (κ3) is 1.05. The zero-order valence-corrected chi connectivity index (χ0v) is 5.66. The molecule has 0 atom stereocenters. The average molecular weight is 209 g/mol. The smallest absolute Gasteiger partial charge is 0.125 e. The quantitative estimate of drug-likeness (QED) is 0.490. The first-order valence-corrected chi connectivity index (χ1v) is 2.83. The van der Waals surface area contributed by atoms with E-state index in [1.807, 2.05) is 6.07 Å². The summed E-state index contributed by atoms with van der Waals surface area (Å²) >= 11 is 2.09. The summed E-state index contributed by atoms with van der Waals surface area (Å²) in [6.07, 6.45) is 1.70. The van der Waals surface area contributed by atoms with Gasteiger partial charge in [-0.05, 0) is 28.7 Å². The van der Waals surface area contributed by atoms with E-state index in [9.17, 15) is 0 Å². The van der Waals surface area contributed by atoms with E-state index in [2.05, 4.69) is 27.7 Å². The van der Waals surface area contributed by atoms with Crippen LogP contribution in [0.25, 0.3) is 0 Å². The molecule has 3 nitrogen and oxygen atoms in total. The fourth-order valence-electron chi connectivity index (χ4n) is 0.315. The first kappa shape index (κ1) is 4.89. The maximum absolute atomic E-state index is 5.18. The Morgan fingerprint density at radius 3 is 2.71 bits per heavy atom. The van der Waals surface area contributed by atoms with Gasteiger partial charge in [0.2, 0.25) is 0 Å². The van der Waals surface area contributed by atoms with Gasteiger partial charge in [-0.3, -0.25) is 0 Å². The standard InChI is InChI=1S/C3H4IN3/c4-3-1-2-7(5)6-3/h1-2H,5H2. The van der Waals surface area contributed by atoms with E-state index >= 15 is 0 Å². The van der Waals surface area contributed by atoms with Gasteiger partial charge in [0, 0.05) is 6.20 Å². The third-order valence-corrected chi connectivity index (χ3v) is 1.15. The van der Waals surface area contributed by atoms with Crippen LogP contribution in [0.4, 0.5) is 0 Å². The van der Waals surface area contributed by atoms with Crippen LogP contribution in [0.2, 0.25) is 0 Å². The second-order valence-corrected chi connectivity index (χ2v) is 2.22. The minimum Gasteiger partial charge on any atom is -0.323 e. The predicted molar refractivity (Wildman–Crippen MR) is 35.1 cm³/mol. The van der Waals surface area contributed by atoms with Crippen molar-refractivity contribution < 1.29 is 0 Å². The van der Waals surface area contributed by atoms with Crippen molar-refractivity contribution >= 4 is 22.6 Å². The summed E-state index contributed by atoms with van der Waals surface area (Å²) in [5.74, 6) is 5.18. The van der Waals surface area contributed by atoms with Crippen LogP contribution in [0.3, 0.4) is 0 Å². The summed E-state index contributed by atoms with van der Waals surface area (Å²) < 4.78 is 0.917. The molecule has 1 aromatic heterocycles. The molecule has 0 unspecified atom stereocenters. The maximum atomic E-state index is 5.18. The van der Waals surface area contributed by atoms with Gasteiger partial charge in [-0.15, -0.1) is 5.10 Å². The van der Waals surface area contributed by atoms with Gasteiger partial charge in [0.1, 0.15) is 3.70 Å². The number of nitrogens with zero attached hydrogens (tertiary/aromatic N) is 2. The summed E-state index contributed by atoms with van der Waals surface area (Å²) in [5, 5.41) is 3.79. The number of hydrogen-bond acceptors (Lipinski definition) is 2. The van der Waals surface area contributed by atoms with Crippen LogP contribution >= 0.6 is 22.6 Å². The van der Waals surface area contributed by atoms with Crippen molar-refractivity contribution in [2.45, 2.75) is 0 Å². The number of aromatic nitrogens is 2.